The standard InChI is InChI=1S/C33H40N2O5/c1-21(2)18-35(29(37)10-9-24-12-16-38-20-24)26-11-13-33(40-22(3)36)28-17-25-5-4-6-27-30(25)32(33,31(26)39-27)14-15-34(28)19-23-7-8-23/h4-6,9-10,12,16,20-21,23,26,28,31H,7-8,11,13-15,17-19H2,1-3H3/b10-9+/t26-,28+,31-,32-,33+/m0/s1. The van der Waals surface area contributed by atoms with Gasteiger partial charge in [0, 0.05) is 37.2 Å². The smallest absolute Gasteiger partial charge is 0.303 e. The van der Waals surface area contributed by atoms with E-state index in [9.17, 15) is 9.59 Å². The molecule has 0 N–H and O–H groups in total. The summed E-state index contributed by atoms with van der Waals surface area (Å²) >= 11 is 0. The molecule has 1 saturated heterocycles. The number of furan rings is 1. The van der Waals surface area contributed by atoms with Gasteiger partial charge in [-0.1, -0.05) is 26.0 Å². The van der Waals surface area contributed by atoms with Crippen molar-refractivity contribution in [1.82, 2.24) is 9.80 Å². The third-order valence-corrected chi connectivity index (χ3v) is 10.1. The van der Waals surface area contributed by atoms with Crippen molar-refractivity contribution in [1.29, 1.82) is 0 Å². The zero-order valence-corrected chi connectivity index (χ0v) is 23.8. The van der Waals surface area contributed by atoms with Crippen LogP contribution in [0.1, 0.15) is 69.6 Å². The second-order valence-corrected chi connectivity index (χ2v) is 13.1. The summed E-state index contributed by atoms with van der Waals surface area (Å²) in [5.74, 6) is 1.72. The number of esters is 1. The summed E-state index contributed by atoms with van der Waals surface area (Å²) in [7, 11) is 0. The maximum Gasteiger partial charge on any atom is 0.303 e. The van der Waals surface area contributed by atoms with Gasteiger partial charge in [-0.05, 0) is 80.7 Å². The van der Waals surface area contributed by atoms with Crippen molar-refractivity contribution in [2.75, 3.05) is 19.6 Å². The quantitative estimate of drug-likeness (QED) is 0.345. The van der Waals surface area contributed by atoms with Crippen LogP contribution >= 0.6 is 0 Å². The first-order valence-electron chi connectivity index (χ1n) is 15.1. The van der Waals surface area contributed by atoms with Gasteiger partial charge in [-0.2, -0.15) is 0 Å². The summed E-state index contributed by atoms with van der Waals surface area (Å²) in [6, 6.07) is 8.26. The van der Waals surface area contributed by atoms with Crippen molar-refractivity contribution in [2.45, 2.75) is 88.5 Å². The lowest BCUT2D eigenvalue weighted by Crippen LogP contribution is -2.79. The Labute approximate surface area is 236 Å². The Bertz CT molecular complexity index is 1330. The number of likely N-dealkylation sites (tertiary alicyclic amines) is 1. The fraction of sp³-hybridized carbons (Fsp3) is 0.576. The molecule has 40 heavy (non-hydrogen) atoms. The van der Waals surface area contributed by atoms with E-state index in [0.717, 1.165) is 56.0 Å². The minimum atomic E-state index is -0.661. The van der Waals surface area contributed by atoms with Crippen molar-refractivity contribution >= 4 is 18.0 Å². The molecule has 2 aromatic rings. The lowest BCUT2D eigenvalue weighted by Gasteiger charge is -2.65. The van der Waals surface area contributed by atoms with Crippen LogP contribution in [0.2, 0.25) is 0 Å². The van der Waals surface area contributed by atoms with E-state index in [1.54, 1.807) is 25.5 Å². The van der Waals surface area contributed by atoms with Gasteiger partial charge < -0.3 is 18.8 Å². The number of nitrogens with zero attached hydrogens (tertiary/aromatic N) is 2. The topological polar surface area (TPSA) is 72.2 Å². The van der Waals surface area contributed by atoms with Crippen molar-refractivity contribution < 1.29 is 23.5 Å². The molecule has 3 aliphatic carbocycles. The normalized spacial score (nSPS) is 32.1. The van der Waals surface area contributed by atoms with Crippen molar-refractivity contribution in [3.8, 4) is 5.75 Å². The summed E-state index contributed by atoms with van der Waals surface area (Å²) in [6.07, 6.45) is 12.2. The second-order valence-electron chi connectivity index (χ2n) is 13.1. The molecule has 7 heteroatoms. The highest BCUT2D eigenvalue weighted by molar-refractivity contribution is 5.92. The van der Waals surface area contributed by atoms with Gasteiger partial charge in [0.1, 0.15) is 17.5 Å². The van der Waals surface area contributed by atoms with Gasteiger partial charge >= 0.3 is 5.97 Å². The van der Waals surface area contributed by atoms with E-state index in [4.69, 9.17) is 13.9 Å². The zero-order chi connectivity index (χ0) is 27.6. The molecule has 7 rings (SSSR count). The van der Waals surface area contributed by atoms with Crippen LogP contribution in [0.3, 0.4) is 0 Å². The molecule has 5 atom stereocenters. The van der Waals surface area contributed by atoms with Gasteiger partial charge in [0.2, 0.25) is 5.91 Å². The van der Waals surface area contributed by atoms with E-state index in [1.807, 2.05) is 17.0 Å². The zero-order valence-electron chi connectivity index (χ0n) is 23.8. The number of hydrogen-bond donors (Lipinski definition) is 0. The minimum Gasteiger partial charge on any atom is -0.487 e. The molecular formula is C33H40N2O5. The van der Waals surface area contributed by atoms with E-state index in [2.05, 4.69) is 36.9 Å². The van der Waals surface area contributed by atoms with E-state index in [1.165, 1.54) is 24.0 Å². The Morgan fingerprint density at radius 2 is 2.05 bits per heavy atom. The van der Waals surface area contributed by atoms with Gasteiger partial charge in [-0.25, -0.2) is 0 Å². The van der Waals surface area contributed by atoms with Gasteiger partial charge in [-0.15, -0.1) is 0 Å². The molecule has 2 aliphatic heterocycles. The molecule has 2 saturated carbocycles. The Morgan fingerprint density at radius 1 is 1.20 bits per heavy atom. The molecule has 0 unspecified atom stereocenters. The predicted molar refractivity (Wildman–Crippen MR) is 151 cm³/mol. The third-order valence-electron chi connectivity index (χ3n) is 10.1. The monoisotopic (exact) mass is 544 g/mol. The lowest BCUT2D eigenvalue weighted by molar-refractivity contribution is -0.224. The van der Waals surface area contributed by atoms with Crippen LogP contribution in [-0.2, 0) is 26.2 Å². The third kappa shape index (κ3) is 3.87. The average Bonchev–Trinajstić information content (AvgIpc) is 3.44. The van der Waals surface area contributed by atoms with Crippen molar-refractivity contribution in [2.24, 2.45) is 11.8 Å². The number of amides is 1. The van der Waals surface area contributed by atoms with Crippen molar-refractivity contribution in [3.05, 3.63) is 59.6 Å². The molecule has 1 aromatic heterocycles. The highest BCUT2D eigenvalue weighted by atomic mass is 16.6. The van der Waals surface area contributed by atoms with Gasteiger partial charge in [-0.3, -0.25) is 14.5 Å². The highest BCUT2D eigenvalue weighted by Gasteiger charge is 2.75. The Kier molecular flexibility index (Phi) is 6.15. The molecule has 0 radical (unpaired) electrons. The summed E-state index contributed by atoms with van der Waals surface area (Å²) in [6.45, 7) is 8.53. The molecule has 7 nitrogen and oxygen atoms in total. The largest absolute Gasteiger partial charge is 0.487 e. The van der Waals surface area contributed by atoms with Gasteiger partial charge in [0.05, 0.1) is 30.0 Å². The van der Waals surface area contributed by atoms with Gasteiger partial charge in [0.15, 0.2) is 0 Å². The SMILES string of the molecule is CC(=O)O[C@@]12CC[C@H](N(CC(C)C)C(=O)/C=C/c3ccoc3)[C@@H]3Oc4cccc5c4[C@@]31CCN(CC1CC1)[C@@H]2C5. The van der Waals surface area contributed by atoms with Crippen LogP contribution < -0.4 is 4.74 Å². The van der Waals surface area contributed by atoms with Crippen LogP contribution in [0.15, 0.2) is 47.3 Å². The number of hydrogen-bond acceptors (Lipinski definition) is 6. The number of carbonyl (C=O) groups is 2. The fourth-order valence-corrected chi connectivity index (χ4v) is 8.59. The first kappa shape index (κ1) is 25.9. The number of carbonyl (C=O) groups excluding carboxylic acids is 2. The molecular weight excluding hydrogens is 504 g/mol. The molecule has 5 aliphatic rings. The van der Waals surface area contributed by atoms with Crippen LogP contribution in [-0.4, -0.2) is 65.1 Å². The summed E-state index contributed by atoms with van der Waals surface area (Å²) < 4.78 is 18.7. The maximum absolute atomic E-state index is 13.9. The lowest BCUT2D eigenvalue weighted by atomic mass is 9.48. The molecule has 3 heterocycles. The predicted octanol–water partition coefficient (Wildman–Crippen LogP) is 4.98. The number of ether oxygens (including phenoxy) is 2. The van der Waals surface area contributed by atoms with Crippen LogP contribution in [0.4, 0.5) is 0 Å². The molecule has 3 fully saturated rings. The van der Waals surface area contributed by atoms with E-state index in [-0.39, 0.29) is 30.1 Å². The summed E-state index contributed by atoms with van der Waals surface area (Å²) in [5, 5.41) is 0. The first-order chi connectivity index (χ1) is 19.3. The summed E-state index contributed by atoms with van der Waals surface area (Å²) in [4.78, 5) is 31.4. The molecule has 212 valence electrons. The Morgan fingerprint density at radius 3 is 2.77 bits per heavy atom. The highest BCUT2D eigenvalue weighted by Crippen LogP contribution is 2.66. The van der Waals surface area contributed by atoms with Gasteiger partial charge in [0.25, 0.3) is 0 Å². The number of benzene rings is 1. The minimum absolute atomic E-state index is 0.0189. The maximum atomic E-state index is 13.9. The van der Waals surface area contributed by atoms with Crippen LogP contribution in [0.5, 0.6) is 5.75 Å². The molecule has 1 spiro atoms. The van der Waals surface area contributed by atoms with E-state index in [0.29, 0.717) is 12.5 Å². The molecule has 1 amide bonds. The second kappa shape index (κ2) is 9.51. The first-order valence-corrected chi connectivity index (χ1v) is 15.1. The average molecular weight is 545 g/mol. The number of rotatable bonds is 8. The Hall–Kier alpha value is -3.06. The fourth-order valence-electron chi connectivity index (χ4n) is 8.59. The summed E-state index contributed by atoms with van der Waals surface area (Å²) in [5.41, 5.74) is 2.28. The molecule has 1 aromatic carbocycles. The number of piperidine rings is 1. The van der Waals surface area contributed by atoms with Crippen LogP contribution in [0, 0.1) is 11.8 Å². The van der Waals surface area contributed by atoms with Crippen molar-refractivity contribution in [3.63, 3.8) is 0 Å². The van der Waals surface area contributed by atoms with E-state index >= 15 is 0 Å². The van der Waals surface area contributed by atoms with E-state index < -0.39 is 11.0 Å². The molecule has 2 bridgehead atoms. The van der Waals surface area contributed by atoms with Crippen LogP contribution in [0.25, 0.3) is 6.08 Å². The Balaban J connectivity index is 1.32.